The summed E-state index contributed by atoms with van der Waals surface area (Å²) in [5.74, 6) is 1.86. The van der Waals surface area contributed by atoms with Crippen LogP contribution in [0.2, 0.25) is 0 Å². The van der Waals surface area contributed by atoms with Gasteiger partial charge in [-0.15, -0.1) is 0 Å². The lowest BCUT2D eigenvalue weighted by atomic mass is 10.2. The number of pyridine rings is 1. The Kier molecular flexibility index (Phi) is 4.07. The van der Waals surface area contributed by atoms with Gasteiger partial charge in [0, 0.05) is 12.3 Å². The number of aromatic nitrogens is 1. The topological polar surface area (TPSA) is 66.6 Å². The third kappa shape index (κ3) is 3.07. The molecule has 0 aliphatic rings. The molecule has 19 heavy (non-hydrogen) atoms. The smallest absolute Gasteiger partial charge is 0.219 e. The highest BCUT2D eigenvalue weighted by molar-refractivity contribution is 5.56. The van der Waals surface area contributed by atoms with Crippen molar-refractivity contribution in [3.63, 3.8) is 0 Å². The van der Waals surface area contributed by atoms with Crippen LogP contribution in [0.25, 0.3) is 0 Å². The molecule has 0 spiro atoms. The highest BCUT2D eigenvalue weighted by Crippen LogP contribution is 2.27. The van der Waals surface area contributed by atoms with E-state index in [0.29, 0.717) is 29.7 Å². The van der Waals surface area contributed by atoms with E-state index in [2.05, 4.69) is 4.98 Å². The number of ether oxygens (including phenoxy) is 3. The van der Waals surface area contributed by atoms with E-state index < -0.39 is 0 Å². The normalized spacial score (nSPS) is 10.0. The summed E-state index contributed by atoms with van der Waals surface area (Å²) in [4.78, 5) is 4.11. The molecule has 0 atom stereocenters. The van der Waals surface area contributed by atoms with Crippen molar-refractivity contribution in [2.24, 2.45) is 0 Å². The largest absolute Gasteiger partial charge is 0.495 e. The molecule has 0 radical (unpaired) electrons. The van der Waals surface area contributed by atoms with Crippen LogP contribution in [0.15, 0.2) is 36.5 Å². The molecule has 0 aliphatic carbocycles. The number of methoxy groups -OCH3 is 2. The molecule has 0 saturated heterocycles. The summed E-state index contributed by atoms with van der Waals surface area (Å²) in [6.07, 6.45) is 1.67. The Bertz CT molecular complexity index is 558. The average molecular weight is 260 g/mol. The summed E-state index contributed by atoms with van der Waals surface area (Å²) >= 11 is 0. The minimum Gasteiger partial charge on any atom is -0.495 e. The van der Waals surface area contributed by atoms with Gasteiger partial charge >= 0.3 is 0 Å². The Balaban J connectivity index is 2.08. The van der Waals surface area contributed by atoms with Crippen LogP contribution in [0.1, 0.15) is 5.56 Å². The fourth-order valence-electron chi connectivity index (χ4n) is 1.68. The monoisotopic (exact) mass is 260 g/mol. The Labute approximate surface area is 111 Å². The van der Waals surface area contributed by atoms with Gasteiger partial charge in [0.05, 0.1) is 25.5 Å². The molecule has 0 aliphatic heterocycles. The summed E-state index contributed by atoms with van der Waals surface area (Å²) in [6.45, 7) is 0.364. The number of hydrogen-bond donors (Lipinski definition) is 1. The summed E-state index contributed by atoms with van der Waals surface area (Å²) in [6, 6.07) is 9.03. The zero-order chi connectivity index (χ0) is 13.7. The number of nitrogen functional groups attached to an aromatic ring is 1. The van der Waals surface area contributed by atoms with Gasteiger partial charge in [-0.05, 0) is 24.3 Å². The van der Waals surface area contributed by atoms with E-state index in [-0.39, 0.29) is 0 Å². The second-order valence-corrected chi connectivity index (χ2v) is 3.86. The van der Waals surface area contributed by atoms with Gasteiger partial charge in [-0.25, -0.2) is 4.98 Å². The molecular weight excluding hydrogens is 244 g/mol. The number of benzene rings is 1. The van der Waals surface area contributed by atoms with Crippen LogP contribution in [0.4, 0.5) is 5.69 Å². The quantitative estimate of drug-likeness (QED) is 0.835. The first-order chi connectivity index (χ1) is 9.24. The van der Waals surface area contributed by atoms with E-state index >= 15 is 0 Å². The molecule has 100 valence electrons. The molecule has 0 unspecified atom stereocenters. The van der Waals surface area contributed by atoms with Crippen LogP contribution in [0, 0.1) is 0 Å². The molecule has 0 saturated carbocycles. The van der Waals surface area contributed by atoms with Crippen molar-refractivity contribution in [3.8, 4) is 17.4 Å². The summed E-state index contributed by atoms with van der Waals surface area (Å²) in [5, 5.41) is 0. The molecule has 0 amide bonds. The molecule has 5 nitrogen and oxygen atoms in total. The molecular formula is C14H16N2O3. The number of nitrogens with zero attached hydrogens (tertiary/aromatic N) is 1. The van der Waals surface area contributed by atoms with Crippen molar-refractivity contribution in [1.82, 2.24) is 4.98 Å². The van der Waals surface area contributed by atoms with Crippen LogP contribution >= 0.6 is 0 Å². The number of hydrogen-bond acceptors (Lipinski definition) is 5. The summed E-state index contributed by atoms with van der Waals surface area (Å²) < 4.78 is 15.9. The van der Waals surface area contributed by atoms with Gasteiger partial charge in [0.1, 0.15) is 18.1 Å². The predicted molar refractivity (Wildman–Crippen MR) is 72.5 cm³/mol. The van der Waals surface area contributed by atoms with Crippen LogP contribution in [0.5, 0.6) is 17.4 Å². The van der Waals surface area contributed by atoms with Crippen molar-refractivity contribution in [3.05, 3.63) is 42.1 Å². The summed E-state index contributed by atoms with van der Waals surface area (Å²) in [7, 11) is 3.16. The fraction of sp³-hybridized carbons (Fsp3) is 0.214. The zero-order valence-corrected chi connectivity index (χ0v) is 10.9. The van der Waals surface area contributed by atoms with Crippen LogP contribution in [0.3, 0.4) is 0 Å². The van der Waals surface area contributed by atoms with Gasteiger partial charge in [-0.2, -0.15) is 0 Å². The second-order valence-electron chi connectivity index (χ2n) is 3.86. The fourth-order valence-corrected chi connectivity index (χ4v) is 1.68. The van der Waals surface area contributed by atoms with Crippen molar-refractivity contribution < 1.29 is 14.2 Å². The van der Waals surface area contributed by atoms with Crippen LogP contribution in [-0.4, -0.2) is 19.2 Å². The maximum Gasteiger partial charge on any atom is 0.219 e. The highest BCUT2D eigenvalue weighted by atomic mass is 16.5. The Morgan fingerprint density at radius 3 is 2.68 bits per heavy atom. The molecule has 2 aromatic rings. The Morgan fingerprint density at radius 1 is 1.16 bits per heavy atom. The SMILES string of the molecule is COc1ccc(OCc2cccnc2OC)cc1N. The van der Waals surface area contributed by atoms with E-state index in [1.165, 1.54) is 0 Å². The maximum atomic E-state index is 5.81. The first-order valence-electron chi connectivity index (χ1n) is 5.78. The molecule has 0 bridgehead atoms. The van der Waals surface area contributed by atoms with E-state index in [1.807, 2.05) is 12.1 Å². The first kappa shape index (κ1) is 13.0. The Hall–Kier alpha value is -2.43. The highest BCUT2D eigenvalue weighted by Gasteiger charge is 2.05. The molecule has 2 N–H and O–H groups in total. The number of nitrogens with two attached hydrogens (primary N) is 1. The Morgan fingerprint density at radius 2 is 2.00 bits per heavy atom. The minimum atomic E-state index is 0.364. The lowest BCUT2D eigenvalue weighted by Gasteiger charge is -2.10. The van der Waals surface area contributed by atoms with Gasteiger partial charge in [0.15, 0.2) is 0 Å². The van der Waals surface area contributed by atoms with E-state index in [1.54, 1.807) is 38.6 Å². The third-order valence-corrected chi connectivity index (χ3v) is 2.64. The number of anilines is 1. The third-order valence-electron chi connectivity index (χ3n) is 2.64. The van der Waals surface area contributed by atoms with Gasteiger partial charge in [-0.3, -0.25) is 0 Å². The molecule has 2 rings (SSSR count). The van der Waals surface area contributed by atoms with Crippen molar-refractivity contribution in [2.75, 3.05) is 20.0 Å². The molecule has 5 heteroatoms. The second kappa shape index (κ2) is 5.95. The average Bonchev–Trinajstić information content (AvgIpc) is 2.45. The lowest BCUT2D eigenvalue weighted by molar-refractivity contribution is 0.293. The molecule has 1 heterocycles. The van der Waals surface area contributed by atoms with Gasteiger partial charge in [0.2, 0.25) is 5.88 Å². The van der Waals surface area contributed by atoms with Crippen LogP contribution < -0.4 is 19.9 Å². The van der Waals surface area contributed by atoms with Gasteiger partial charge in [-0.1, -0.05) is 0 Å². The van der Waals surface area contributed by atoms with Crippen molar-refractivity contribution >= 4 is 5.69 Å². The van der Waals surface area contributed by atoms with Crippen molar-refractivity contribution in [2.45, 2.75) is 6.61 Å². The lowest BCUT2D eigenvalue weighted by Crippen LogP contribution is -2.01. The summed E-state index contributed by atoms with van der Waals surface area (Å²) in [5.41, 5.74) is 7.23. The molecule has 0 fully saturated rings. The van der Waals surface area contributed by atoms with Gasteiger partial charge in [0.25, 0.3) is 0 Å². The van der Waals surface area contributed by atoms with Crippen molar-refractivity contribution in [1.29, 1.82) is 0 Å². The zero-order valence-electron chi connectivity index (χ0n) is 10.9. The van der Waals surface area contributed by atoms with Crippen LogP contribution in [-0.2, 0) is 6.61 Å². The maximum absolute atomic E-state index is 5.81. The van der Waals surface area contributed by atoms with E-state index in [9.17, 15) is 0 Å². The van der Waals surface area contributed by atoms with E-state index in [0.717, 1.165) is 5.56 Å². The minimum absolute atomic E-state index is 0.364. The first-order valence-corrected chi connectivity index (χ1v) is 5.78. The number of rotatable bonds is 5. The van der Waals surface area contributed by atoms with E-state index in [4.69, 9.17) is 19.9 Å². The standard InChI is InChI=1S/C14H16N2O3/c1-17-13-6-5-11(8-12(13)15)19-9-10-4-3-7-16-14(10)18-2/h3-8H,9,15H2,1-2H3. The molecule has 1 aromatic heterocycles. The predicted octanol–water partition coefficient (Wildman–Crippen LogP) is 2.26. The van der Waals surface area contributed by atoms with Gasteiger partial charge < -0.3 is 19.9 Å². The molecule has 1 aromatic carbocycles.